The van der Waals surface area contributed by atoms with Crippen LogP contribution in [0.15, 0.2) is 47.4 Å². The second-order valence-electron chi connectivity index (χ2n) is 5.76. The minimum absolute atomic E-state index is 0.0916. The molecular weight excluding hydrogens is 340 g/mol. The summed E-state index contributed by atoms with van der Waals surface area (Å²) >= 11 is 0. The van der Waals surface area contributed by atoms with Crippen molar-refractivity contribution in [1.82, 2.24) is 0 Å². The molecule has 1 aliphatic rings. The highest BCUT2D eigenvalue weighted by Gasteiger charge is 2.24. The maximum Gasteiger partial charge on any atom is 0.261 e. The van der Waals surface area contributed by atoms with Crippen molar-refractivity contribution in [3.63, 3.8) is 0 Å². The van der Waals surface area contributed by atoms with E-state index in [9.17, 15) is 13.2 Å². The number of anilines is 2. The summed E-state index contributed by atoms with van der Waals surface area (Å²) in [6.07, 6.45) is 0.717. The highest BCUT2D eigenvalue weighted by atomic mass is 32.2. The molecule has 2 aromatic rings. The van der Waals surface area contributed by atoms with Crippen molar-refractivity contribution >= 4 is 27.3 Å². The average molecular weight is 360 g/mol. The van der Waals surface area contributed by atoms with Gasteiger partial charge in [0.2, 0.25) is 5.91 Å². The summed E-state index contributed by atoms with van der Waals surface area (Å²) in [5.41, 5.74) is 1.95. The standard InChI is InChI=1S/C18H20N2O4S/c1-3-14-6-4-5-7-16(14)19-25(22,23)15-8-9-18-17(12-15)20(13(2)21)10-11-24-18/h4-9,12,19H,3,10-11H2,1-2H3. The van der Waals surface area contributed by atoms with Crippen LogP contribution in [-0.4, -0.2) is 27.5 Å². The summed E-state index contributed by atoms with van der Waals surface area (Å²) in [7, 11) is -3.77. The van der Waals surface area contributed by atoms with Gasteiger partial charge in [0.15, 0.2) is 0 Å². The van der Waals surface area contributed by atoms with Crippen LogP contribution in [-0.2, 0) is 21.2 Å². The topological polar surface area (TPSA) is 75.7 Å². The Labute approximate surface area is 147 Å². The number of sulfonamides is 1. The number of carbonyl (C=O) groups excluding carboxylic acids is 1. The Morgan fingerprint density at radius 2 is 2.00 bits per heavy atom. The molecule has 0 atom stereocenters. The van der Waals surface area contributed by atoms with E-state index < -0.39 is 10.0 Å². The van der Waals surface area contributed by atoms with E-state index in [0.717, 1.165) is 12.0 Å². The highest BCUT2D eigenvalue weighted by Crippen LogP contribution is 2.34. The average Bonchev–Trinajstić information content (AvgIpc) is 2.60. The van der Waals surface area contributed by atoms with Gasteiger partial charge >= 0.3 is 0 Å². The maximum absolute atomic E-state index is 12.8. The molecule has 1 aliphatic heterocycles. The van der Waals surface area contributed by atoms with Crippen molar-refractivity contribution in [2.75, 3.05) is 22.8 Å². The summed E-state index contributed by atoms with van der Waals surface area (Å²) in [5, 5.41) is 0. The van der Waals surface area contributed by atoms with E-state index in [1.165, 1.54) is 24.0 Å². The Morgan fingerprint density at radius 3 is 2.72 bits per heavy atom. The fraction of sp³-hybridized carbons (Fsp3) is 0.278. The molecule has 0 saturated heterocycles. The van der Waals surface area contributed by atoms with Gasteiger partial charge in [0.05, 0.1) is 22.8 Å². The number of ether oxygens (including phenoxy) is 1. The summed E-state index contributed by atoms with van der Waals surface area (Å²) in [4.78, 5) is 13.4. The largest absolute Gasteiger partial charge is 0.490 e. The van der Waals surface area contributed by atoms with E-state index in [0.29, 0.717) is 30.3 Å². The molecule has 0 radical (unpaired) electrons. The first-order chi connectivity index (χ1) is 11.9. The SMILES string of the molecule is CCc1ccccc1NS(=O)(=O)c1ccc2c(c1)N(C(C)=O)CCO2. The van der Waals surface area contributed by atoms with Crippen molar-refractivity contribution in [2.45, 2.75) is 25.2 Å². The number of hydrogen-bond acceptors (Lipinski definition) is 4. The van der Waals surface area contributed by atoms with Gasteiger partial charge in [0.1, 0.15) is 12.4 Å². The molecule has 0 spiro atoms. The number of nitrogens with zero attached hydrogens (tertiary/aromatic N) is 1. The Balaban J connectivity index is 1.98. The molecule has 0 aromatic heterocycles. The molecule has 0 aliphatic carbocycles. The fourth-order valence-corrected chi connectivity index (χ4v) is 3.94. The van der Waals surface area contributed by atoms with Crippen LogP contribution in [0.5, 0.6) is 5.75 Å². The van der Waals surface area contributed by atoms with Gasteiger partial charge in [0.25, 0.3) is 10.0 Å². The lowest BCUT2D eigenvalue weighted by molar-refractivity contribution is -0.116. The van der Waals surface area contributed by atoms with E-state index in [1.54, 1.807) is 18.2 Å². The van der Waals surface area contributed by atoms with E-state index in [4.69, 9.17) is 4.74 Å². The van der Waals surface area contributed by atoms with Crippen LogP contribution in [0.3, 0.4) is 0 Å². The zero-order chi connectivity index (χ0) is 18.0. The van der Waals surface area contributed by atoms with Crippen LogP contribution in [0, 0.1) is 0 Å². The number of rotatable bonds is 4. The lowest BCUT2D eigenvalue weighted by atomic mass is 10.1. The Morgan fingerprint density at radius 1 is 1.24 bits per heavy atom. The van der Waals surface area contributed by atoms with E-state index in [1.807, 2.05) is 19.1 Å². The number of aryl methyl sites for hydroxylation is 1. The molecule has 0 bridgehead atoms. The second-order valence-corrected chi connectivity index (χ2v) is 7.45. The van der Waals surface area contributed by atoms with Gasteiger partial charge in [-0.1, -0.05) is 25.1 Å². The minimum Gasteiger partial charge on any atom is -0.490 e. The van der Waals surface area contributed by atoms with Crippen molar-refractivity contribution in [3.8, 4) is 5.75 Å². The molecule has 0 unspecified atom stereocenters. The molecule has 6 nitrogen and oxygen atoms in total. The molecule has 3 rings (SSSR count). The molecule has 7 heteroatoms. The summed E-state index contributed by atoms with van der Waals surface area (Å²) in [6.45, 7) is 4.21. The zero-order valence-electron chi connectivity index (χ0n) is 14.2. The number of fused-ring (bicyclic) bond motifs is 1. The zero-order valence-corrected chi connectivity index (χ0v) is 15.0. The first-order valence-electron chi connectivity index (χ1n) is 8.08. The normalized spacial score (nSPS) is 13.8. The molecule has 132 valence electrons. The predicted molar refractivity (Wildman–Crippen MR) is 96.6 cm³/mol. The van der Waals surface area contributed by atoms with Gasteiger partial charge in [-0.2, -0.15) is 0 Å². The molecule has 2 aromatic carbocycles. The quantitative estimate of drug-likeness (QED) is 0.910. The third-order valence-electron chi connectivity index (χ3n) is 4.13. The van der Waals surface area contributed by atoms with Gasteiger partial charge in [-0.3, -0.25) is 9.52 Å². The van der Waals surface area contributed by atoms with Gasteiger partial charge < -0.3 is 9.64 Å². The molecule has 0 fully saturated rings. The lowest BCUT2D eigenvalue weighted by Crippen LogP contribution is -2.36. The third-order valence-corrected chi connectivity index (χ3v) is 5.49. The van der Waals surface area contributed by atoms with E-state index in [2.05, 4.69) is 4.72 Å². The Kier molecular flexibility index (Phi) is 4.67. The fourth-order valence-electron chi connectivity index (χ4n) is 2.82. The number of nitrogens with one attached hydrogen (secondary N) is 1. The summed E-state index contributed by atoms with van der Waals surface area (Å²) < 4.78 is 33.7. The van der Waals surface area contributed by atoms with Crippen molar-refractivity contribution in [1.29, 1.82) is 0 Å². The van der Waals surface area contributed by atoms with Gasteiger partial charge in [-0.15, -0.1) is 0 Å². The van der Waals surface area contributed by atoms with Gasteiger partial charge in [-0.25, -0.2) is 8.42 Å². The van der Waals surface area contributed by atoms with E-state index >= 15 is 0 Å². The second kappa shape index (κ2) is 6.76. The number of carbonyl (C=O) groups is 1. The smallest absolute Gasteiger partial charge is 0.261 e. The van der Waals surface area contributed by atoms with E-state index in [-0.39, 0.29) is 10.8 Å². The van der Waals surface area contributed by atoms with Crippen LogP contribution in [0.25, 0.3) is 0 Å². The van der Waals surface area contributed by atoms with Crippen LogP contribution in [0.1, 0.15) is 19.4 Å². The van der Waals surface area contributed by atoms with Crippen LogP contribution < -0.4 is 14.4 Å². The van der Waals surface area contributed by atoms with Crippen molar-refractivity contribution < 1.29 is 17.9 Å². The lowest BCUT2D eigenvalue weighted by Gasteiger charge is -2.29. The maximum atomic E-state index is 12.8. The first kappa shape index (κ1) is 17.3. The van der Waals surface area contributed by atoms with Crippen molar-refractivity contribution in [3.05, 3.63) is 48.0 Å². The molecule has 1 heterocycles. The van der Waals surface area contributed by atoms with Crippen LogP contribution >= 0.6 is 0 Å². The number of hydrogen-bond donors (Lipinski definition) is 1. The summed E-state index contributed by atoms with van der Waals surface area (Å²) in [6, 6.07) is 11.8. The van der Waals surface area contributed by atoms with Crippen LogP contribution in [0.4, 0.5) is 11.4 Å². The Hall–Kier alpha value is -2.54. The predicted octanol–water partition coefficient (Wildman–Crippen LogP) is 2.80. The number of amides is 1. The monoisotopic (exact) mass is 360 g/mol. The number of para-hydroxylation sites is 1. The van der Waals surface area contributed by atoms with Crippen LogP contribution in [0.2, 0.25) is 0 Å². The van der Waals surface area contributed by atoms with Crippen molar-refractivity contribution in [2.24, 2.45) is 0 Å². The van der Waals surface area contributed by atoms with Gasteiger partial charge in [0, 0.05) is 6.92 Å². The first-order valence-corrected chi connectivity index (χ1v) is 9.56. The molecule has 1 amide bonds. The molecule has 1 N–H and O–H groups in total. The molecular formula is C18H20N2O4S. The van der Waals surface area contributed by atoms with Gasteiger partial charge in [-0.05, 0) is 36.2 Å². The highest BCUT2D eigenvalue weighted by molar-refractivity contribution is 7.92. The minimum atomic E-state index is -3.77. The molecule has 25 heavy (non-hydrogen) atoms. The number of benzene rings is 2. The summed E-state index contributed by atoms with van der Waals surface area (Å²) in [5.74, 6) is 0.359. The Bertz CT molecular complexity index is 909. The third kappa shape index (κ3) is 3.46. The molecule has 0 saturated carbocycles.